The molecule has 0 heterocycles. The van der Waals surface area contributed by atoms with Gasteiger partial charge in [-0.2, -0.15) is 0 Å². The van der Waals surface area contributed by atoms with Crippen molar-refractivity contribution in [3.63, 3.8) is 0 Å². The summed E-state index contributed by atoms with van der Waals surface area (Å²) in [4.78, 5) is 0. The van der Waals surface area contributed by atoms with Gasteiger partial charge in [0, 0.05) is 0 Å². The summed E-state index contributed by atoms with van der Waals surface area (Å²) in [6, 6.07) is 6.13. The van der Waals surface area contributed by atoms with E-state index in [-0.39, 0.29) is 0 Å². The molecule has 0 aromatic rings. The number of unbranched alkanes of at least 4 members (excludes halogenated alkanes) is 16. The van der Waals surface area contributed by atoms with E-state index in [1.54, 1.807) is 6.04 Å². The second kappa shape index (κ2) is 20.0. The Kier molecular flexibility index (Phi) is 20.1. The molecule has 0 rings (SSSR count). The van der Waals surface area contributed by atoms with Crippen LogP contribution in [0.5, 0.6) is 0 Å². The molecule has 157 valence electrons. The molecule has 0 aliphatic rings. The Morgan fingerprint density at radius 1 is 0.423 bits per heavy atom. The molecule has 0 saturated heterocycles. The molecule has 0 atom stereocenters. The van der Waals surface area contributed by atoms with Crippen LogP contribution in [-0.4, -0.2) is 8.07 Å². The molecule has 0 aliphatic carbocycles. The minimum absolute atomic E-state index is 0.829. The lowest BCUT2D eigenvalue weighted by molar-refractivity contribution is 0.529. The zero-order chi connectivity index (χ0) is 19.3. The maximum atomic E-state index is 3.91. The highest BCUT2D eigenvalue weighted by atomic mass is 28.3. The number of hydrogen-bond acceptors (Lipinski definition) is 0. The van der Waals surface area contributed by atoms with Crippen LogP contribution < -0.4 is 0 Å². The first kappa shape index (κ1) is 26.2. The van der Waals surface area contributed by atoms with Crippen LogP contribution in [0.15, 0.2) is 0 Å². The van der Waals surface area contributed by atoms with Crippen molar-refractivity contribution < 1.29 is 0 Å². The van der Waals surface area contributed by atoms with Crippen LogP contribution in [0.2, 0.25) is 24.2 Å². The maximum Gasteiger partial charge on any atom is 0.0527 e. The third kappa shape index (κ3) is 15.3. The van der Waals surface area contributed by atoms with E-state index in [0.717, 1.165) is 6.42 Å². The first-order valence-corrected chi connectivity index (χ1v) is 15.4. The van der Waals surface area contributed by atoms with E-state index in [1.165, 1.54) is 121 Å². The zero-order valence-electron chi connectivity index (χ0n) is 19.1. The van der Waals surface area contributed by atoms with Crippen LogP contribution in [-0.2, 0) is 0 Å². The molecule has 0 spiro atoms. The summed E-state index contributed by atoms with van der Waals surface area (Å²) in [6.45, 7) is 11.3. The van der Waals surface area contributed by atoms with Gasteiger partial charge >= 0.3 is 0 Å². The van der Waals surface area contributed by atoms with Crippen LogP contribution in [0.4, 0.5) is 0 Å². The van der Waals surface area contributed by atoms with Gasteiger partial charge in [-0.1, -0.05) is 161 Å². The van der Waals surface area contributed by atoms with Gasteiger partial charge in [0.1, 0.15) is 0 Å². The van der Waals surface area contributed by atoms with Crippen molar-refractivity contribution in [2.75, 3.05) is 0 Å². The van der Waals surface area contributed by atoms with Crippen molar-refractivity contribution in [2.45, 2.75) is 154 Å². The third-order valence-corrected chi connectivity index (χ3v) is 12.9. The Bertz CT molecular complexity index is 249. The van der Waals surface area contributed by atoms with E-state index < -0.39 is 8.07 Å². The predicted molar refractivity (Wildman–Crippen MR) is 126 cm³/mol. The van der Waals surface area contributed by atoms with Crippen molar-refractivity contribution in [2.24, 2.45) is 0 Å². The average Bonchev–Trinajstić information content (AvgIpc) is 2.68. The SMILES string of the molecule is [CH2]CCCCCCCCCCCCCCCCCC[Si](CC)(CC)CC. The molecule has 1 heteroatoms. The van der Waals surface area contributed by atoms with Crippen LogP contribution in [0.3, 0.4) is 0 Å². The first-order chi connectivity index (χ1) is 12.7. The van der Waals surface area contributed by atoms with Crippen molar-refractivity contribution in [1.82, 2.24) is 0 Å². The van der Waals surface area contributed by atoms with Crippen LogP contribution in [0, 0.1) is 6.92 Å². The highest BCUT2D eigenvalue weighted by Gasteiger charge is 2.25. The Hall–Kier alpha value is 0.217. The average molecular weight is 382 g/mol. The smallest absolute Gasteiger partial charge is 0.0527 e. The monoisotopic (exact) mass is 381 g/mol. The summed E-state index contributed by atoms with van der Waals surface area (Å²) in [5.41, 5.74) is 0. The van der Waals surface area contributed by atoms with Gasteiger partial charge in [0.25, 0.3) is 0 Å². The van der Waals surface area contributed by atoms with Crippen LogP contribution >= 0.6 is 0 Å². The Morgan fingerprint density at radius 3 is 0.962 bits per heavy atom. The topological polar surface area (TPSA) is 0 Å². The van der Waals surface area contributed by atoms with Crippen molar-refractivity contribution in [1.29, 1.82) is 0 Å². The summed E-state index contributed by atoms with van der Waals surface area (Å²) in [5, 5.41) is 0. The van der Waals surface area contributed by atoms with E-state index in [4.69, 9.17) is 0 Å². The fourth-order valence-electron chi connectivity index (χ4n) is 4.43. The lowest BCUT2D eigenvalue weighted by atomic mass is 10.0. The van der Waals surface area contributed by atoms with Crippen molar-refractivity contribution in [3.05, 3.63) is 6.92 Å². The molecule has 26 heavy (non-hydrogen) atoms. The van der Waals surface area contributed by atoms with E-state index in [9.17, 15) is 0 Å². The van der Waals surface area contributed by atoms with E-state index in [0.29, 0.717) is 0 Å². The Balaban J connectivity index is 3.20. The minimum atomic E-state index is -0.829. The van der Waals surface area contributed by atoms with Gasteiger partial charge in [0.05, 0.1) is 8.07 Å². The molecule has 0 fully saturated rings. The summed E-state index contributed by atoms with van der Waals surface area (Å²) in [7, 11) is -0.829. The molecule has 0 aromatic heterocycles. The highest BCUT2D eigenvalue weighted by Crippen LogP contribution is 2.27. The van der Waals surface area contributed by atoms with Gasteiger partial charge in [-0.25, -0.2) is 0 Å². The van der Waals surface area contributed by atoms with E-state index in [2.05, 4.69) is 27.7 Å². The second-order valence-electron chi connectivity index (χ2n) is 8.82. The highest BCUT2D eigenvalue weighted by molar-refractivity contribution is 6.79. The summed E-state index contributed by atoms with van der Waals surface area (Å²) in [5.74, 6) is 0. The summed E-state index contributed by atoms with van der Waals surface area (Å²) in [6.07, 6.45) is 24.6. The van der Waals surface area contributed by atoms with E-state index in [1.807, 2.05) is 0 Å². The standard InChI is InChI=1S/C25H53Si/c1-5-9-10-11-12-13-14-15-16-17-18-19-20-21-22-23-24-25-26(6-2,7-3)8-4/h1,5-25H2,2-4H3. The first-order valence-electron chi connectivity index (χ1n) is 12.5. The van der Waals surface area contributed by atoms with Crippen LogP contribution in [0.25, 0.3) is 0 Å². The van der Waals surface area contributed by atoms with Gasteiger partial charge in [-0.3, -0.25) is 0 Å². The van der Waals surface area contributed by atoms with Gasteiger partial charge in [-0.15, -0.1) is 0 Å². The van der Waals surface area contributed by atoms with Gasteiger partial charge in [0.15, 0.2) is 0 Å². The lowest BCUT2D eigenvalue weighted by Gasteiger charge is -2.28. The molecule has 0 bridgehead atoms. The number of hydrogen-bond donors (Lipinski definition) is 0. The molecule has 0 saturated carbocycles. The summed E-state index contributed by atoms with van der Waals surface area (Å²) >= 11 is 0. The Morgan fingerprint density at radius 2 is 0.692 bits per heavy atom. The van der Waals surface area contributed by atoms with Crippen LogP contribution in [0.1, 0.15) is 130 Å². The third-order valence-electron chi connectivity index (χ3n) is 6.96. The molecule has 0 N–H and O–H groups in total. The quantitative estimate of drug-likeness (QED) is 0.137. The molecule has 0 amide bonds. The zero-order valence-corrected chi connectivity index (χ0v) is 20.1. The molecular weight excluding hydrogens is 328 g/mol. The molecule has 0 nitrogen and oxygen atoms in total. The molecule has 0 aromatic carbocycles. The molecule has 1 radical (unpaired) electrons. The molecular formula is C25H53Si. The van der Waals surface area contributed by atoms with Gasteiger partial charge in [0.2, 0.25) is 0 Å². The largest absolute Gasteiger partial charge is 0.0678 e. The normalized spacial score (nSPS) is 12.0. The summed E-state index contributed by atoms with van der Waals surface area (Å²) < 4.78 is 0. The second-order valence-corrected chi connectivity index (χ2v) is 14.4. The lowest BCUT2D eigenvalue weighted by Crippen LogP contribution is -2.30. The molecule has 0 unspecified atom stereocenters. The van der Waals surface area contributed by atoms with Crippen molar-refractivity contribution in [3.8, 4) is 0 Å². The predicted octanol–water partition coefficient (Wildman–Crippen LogP) is 9.96. The number of rotatable bonds is 21. The fourth-order valence-corrected chi connectivity index (χ4v) is 7.99. The fraction of sp³-hybridized carbons (Fsp3) is 0.960. The van der Waals surface area contributed by atoms with Gasteiger partial charge < -0.3 is 0 Å². The maximum absolute atomic E-state index is 3.91. The molecule has 0 aliphatic heterocycles. The van der Waals surface area contributed by atoms with Gasteiger partial charge in [-0.05, 0) is 0 Å². The minimum Gasteiger partial charge on any atom is -0.0678 e. The Labute approximate surface area is 169 Å². The van der Waals surface area contributed by atoms with Crippen molar-refractivity contribution >= 4 is 8.07 Å². The van der Waals surface area contributed by atoms with E-state index >= 15 is 0 Å².